The molecule has 2 rings (SSSR count). The molecule has 1 aliphatic carbocycles. The number of anilines is 1. The van der Waals surface area contributed by atoms with Crippen LogP contribution in [-0.2, 0) is 19.6 Å². The molecule has 1 saturated carbocycles. The number of carbonyl (C=O) groups excluding carboxylic acids is 2. The first-order valence-electron chi connectivity index (χ1n) is 7.61. The second-order valence-corrected chi connectivity index (χ2v) is 7.57. The molecular formula is C16H21N3O4S. The molecule has 2 N–H and O–H groups in total. The molecule has 1 aromatic rings. The zero-order valence-corrected chi connectivity index (χ0v) is 14.3. The van der Waals surface area contributed by atoms with Crippen LogP contribution < -0.4 is 10.6 Å². The van der Waals surface area contributed by atoms with E-state index in [9.17, 15) is 18.0 Å². The Labute approximate surface area is 141 Å². The van der Waals surface area contributed by atoms with E-state index in [4.69, 9.17) is 0 Å². The Morgan fingerprint density at radius 2 is 1.92 bits per heavy atom. The topological polar surface area (TPSA) is 95.6 Å². The van der Waals surface area contributed by atoms with Gasteiger partial charge in [-0.3, -0.25) is 9.59 Å². The molecular weight excluding hydrogens is 330 g/mol. The second-order valence-electron chi connectivity index (χ2n) is 5.63. The third-order valence-electron chi connectivity index (χ3n) is 3.41. The van der Waals surface area contributed by atoms with Crippen molar-refractivity contribution in [2.75, 3.05) is 18.4 Å². The van der Waals surface area contributed by atoms with E-state index >= 15 is 0 Å². The number of sulfonamides is 1. The Morgan fingerprint density at radius 3 is 2.42 bits per heavy atom. The van der Waals surface area contributed by atoms with Gasteiger partial charge in [0, 0.05) is 25.2 Å². The van der Waals surface area contributed by atoms with Crippen LogP contribution in [0.4, 0.5) is 5.69 Å². The lowest BCUT2D eigenvalue weighted by Gasteiger charge is -2.20. The van der Waals surface area contributed by atoms with Crippen molar-refractivity contribution in [3.63, 3.8) is 0 Å². The van der Waals surface area contributed by atoms with E-state index < -0.39 is 10.0 Å². The lowest BCUT2D eigenvalue weighted by Crippen LogP contribution is -2.41. The summed E-state index contributed by atoms with van der Waals surface area (Å²) in [7, 11) is -3.83. The number of benzene rings is 1. The summed E-state index contributed by atoms with van der Waals surface area (Å²) in [6.45, 7) is 4.70. The number of nitrogens with one attached hydrogen (secondary N) is 2. The second kappa shape index (κ2) is 7.59. The van der Waals surface area contributed by atoms with Gasteiger partial charge < -0.3 is 10.6 Å². The van der Waals surface area contributed by atoms with E-state index in [2.05, 4.69) is 17.2 Å². The first-order valence-corrected chi connectivity index (χ1v) is 9.05. The molecule has 0 aromatic heterocycles. The van der Waals surface area contributed by atoms with Gasteiger partial charge >= 0.3 is 0 Å². The van der Waals surface area contributed by atoms with E-state index in [-0.39, 0.29) is 35.8 Å². The average molecular weight is 351 g/mol. The number of nitrogens with zero attached hydrogens (tertiary/aromatic N) is 1. The predicted molar refractivity (Wildman–Crippen MR) is 90.9 cm³/mol. The molecule has 0 spiro atoms. The maximum absolute atomic E-state index is 12.7. The minimum Gasteiger partial charge on any atom is -0.352 e. The lowest BCUT2D eigenvalue weighted by molar-refractivity contribution is -0.121. The molecule has 0 heterocycles. The number of carbonyl (C=O) groups is 2. The van der Waals surface area contributed by atoms with Gasteiger partial charge in [-0.15, -0.1) is 6.58 Å². The molecule has 1 fully saturated rings. The van der Waals surface area contributed by atoms with Gasteiger partial charge in [0.2, 0.25) is 21.8 Å². The normalized spacial score (nSPS) is 14.2. The van der Waals surface area contributed by atoms with E-state index in [1.54, 1.807) is 0 Å². The van der Waals surface area contributed by atoms with Crippen LogP contribution in [0.3, 0.4) is 0 Å². The van der Waals surface area contributed by atoms with Crippen LogP contribution in [0.1, 0.15) is 19.8 Å². The molecule has 0 atom stereocenters. The van der Waals surface area contributed by atoms with Crippen molar-refractivity contribution in [1.82, 2.24) is 9.62 Å². The number of rotatable bonds is 8. The van der Waals surface area contributed by atoms with Crippen molar-refractivity contribution in [2.24, 2.45) is 0 Å². The molecule has 130 valence electrons. The summed E-state index contributed by atoms with van der Waals surface area (Å²) >= 11 is 0. The van der Waals surface area contributed by atoms with Gasteiger partial charge in [-0.25, -0.2) is 8.42 Å². The molecule has 8 heteroatoms. The van der Waals surface area contributed by atoms with E-state index in [1.165, 1.54) is 37.3 Å². The SMILES string of the molecule is C=CCN(CC(=O)NC1CC1)S(=O)(=O)c1ccc(NC(C)=O)cc1. The Morgan fingerprint density at radius 1 is 1.29 bits per heavy atom. The highest BCUT2D eigenvalue weighted by molar-refractivity contribution is 7.89. The summed E-state index contributed by atoms with van der Waals surface area (Å²) < 4.78 is 26.5. The summed E-state index contributed by atoms with van der Waals surface area (Å²) in [5.74, 6) is -0.562. The molecule has 24 heavy (non-hydrogen) atoms. The fourth-order valence-corrected chi connectivity index (χ4v) is 3.48. The highest BCUT2D eigenvalue weighted by Gasteiger charge is 2.28. The average Bonchev–Trinajstić information content (AvgIpc) is 3.30. The molecule has 1 aliphatic rings. The third kappa shape index (κ3) is 4.90. The summed E-state index contributed by atoms with van der Waals surface area (Å²) in [6, 6.07) is 5.98. The first kappa shape index (κ1) is 18.2. The van der Waals surface area contributed by atoms with Crippen LogP contribution in [0.25, 0.3) is 0 Å². The Bertz CT molecular complexity index is 724. The van der Waals surface area contributed by atoms with E-state index in [1.807, 2.05) is 0 Å². The molecule has 1 aromatic carbocycles. The van der Waals surface area contributed by atoms with Gasteiger partial charge in [-0.05, 0) is 37.1 Å². The lowest BCUT2D eigenvalue weighted by atomic mass is 10.3. The Kier molecular flexibility index (Phi) is 5.74. The van der Waals surface area contributed by atoms with Crippen LogP contribution in [-0.4, -0.2) is 43.7 Å². The van der Waals surface area contributed by atoms with Crippen LogP contribution in [0.5, 0.6) is 0 Å². The summed E-state index contributed by atoms with van der Waals surface area (Å²) in [5.41, 5.74) is 0.503. The minimum absolute atomic E-state index is 0.0356. The summed E-state index contributed by atoms with van der Waals surface area (Å²) in [6.07, 6.45) is 3.31. The standard InChI is InChI=1S/C16H21N3O4S/c1-3-10-19(11-16(21)18-14-4-5-14)24(22,23)15-8-6-13(7-9-15)17-12(2)20/h3,6-9,14H,1,4-5,10-11H2,2H3,(H,17,20)(H,18,21). The van der Waals surface area contributed by atoms with E-state index in [0.29, 0.717) is 5.69 Å². The van der Waals surface area contributed by atoms with Crippen molar-refractivity contribution in [1.29, 1.82) is 0 Å². The van der Waals surface area contributed by atoms with Crippen molar-refractivity contribution in [2.45, 2.75) is 30.7 Å². The summed E-state index contributed by atoms with van der Waals surface area (Å²) in [5, 5.41) is 5.34. The molecule has 0 radical (unpaired) electrons. The highest BCUT2D eigenvalue weighted by atomic mass is 32.2. The number of amides is 2. The largest absolute Gasteiger partial charge is 0.352 e. The van der Waals surface area contributed by atoms with Crippen LogP contribution in [0.15, 0.2) is 41.8 Å². The smallest absolute Gasteiger partial charge is 0.243 e. The van der Waals surface area contributed by atoms with Gasteiger partial charge in [0.15, 0.2) is 0 Å². The zero-order valence-electron chi connectivity index (χ0n) is 13.5. The molecule has 2 amide bonds. The molecule has 0 unspecified atom stereocenters. The summed E-state index contributed by atoms with van der Waals surface area (Å²) in [4.78, 5) is 23.0. The van der Waals surface area contributed by atoms with Crippen molar-refractivity contribution >= 4 is 27.5 Å². The monoisotopic (exact) mass is 351 g/mol. The van der Waals surface area contributed by atoms with E-state index in [0.717, 1.165) is 17.1 Å². The number of hydrogen-bond donors (Lipinski definition) is 2. The van der Waals surface area contributed by atoms with Gasteiger partial charge in [0.05, 0.1) is 11.4 Å². The number of hydrogen-bond acceptors (Lipinski definition) is 4. The van der Waals surface area contributed by atoms with Gasteiger partial charge in [-0.2, -0.15) is 4.31 Å². The van der Waals surface area contributed by atoms with Crippen LogP contribution >= 0.6 is 0 Å². The Balaban J connectivity index is 2.14. The maximum atomic E-state index is 12.7. The Hall–Kier alpha value is -2.19. The van der Waals surface area contributed by atoms with Crippen molar-refractivity contribution < 1.29 is 18.0 Å². The van der Waals surface area contributed by atoms with Crippen molar-refractivity contribution in [3.05, 3.63) is 36.9 Å². The van der Waals surface area contributed by atoms with Gasteiger partial charge in [0.25, 0.3) is 0 Å². The minimum atomic E-state index is -3.83. The third-order valence-corrected chi connectivity index (χ3v) is 5.23. The van der Waals surface area contributed by atoms with Gasteiger partial charge in [0.1, 0.15) is 0 Å². The molecule has 0 aliphatic heterocycles. The maximum Gasteiger partial charge on any atom is 0.243 e. The highest BCUT2D eigenvalue weighted by Crippen LogP contribution is 2.20. The fourth-order valence-electron chi connectivity index (χ4n) is 2.12. The molecule has 0 saturated heterocycles. The fraction of sp³-hybridized carbons (Fsp3) is 0.375. The quantitative estimate of drug-likeness (QED) is 0.686. The van der Waals surface area contributed by atoms with Crippen LogP contribution in [0, 0.1) is 0 Å². The zero-order chi connectivity index (χ0) is 17.7. The van der Waals surface area contributed by atoms with Crippen LogP contribution in [0.2, 0.25) is 0 Å². The first-order chi connectivity index (χ1) is 11.3. The van der Waals surface area contributed by atoms with Crippen molar-refractivity contribution in [3.8, 4) is 0 Å². The molecule has 7 nitrogen and oxygen atoms in total. The predicted octanol–water partition coefficient (Wildman–Crippen LogP) is 1.10. The molecule has 0 bridgehead atoms. The van der Waals surface area contributed by atoms with Gasteiger partial charge in [-0.1, -0.05) is 6.08 Å².